The van der Waals surface area contributed by atoms with Gasteiger partial charge in [0.15, 0.2) is 0 Å². The van der Waals surface area contributed by atoms with Crippen LogP contribution in [-0.2, 0) is 17.6 Å². The molecule has 1 aromatic heterocycles. The summed E-state index contributed by atoms with van der Waals surface area (Å²) in [5, 5.41) is 11.0. The van der Waals surface area contributed by atoms with Crippen molar-refractivity contribution in [1.29, 1.82) is 0 Å². The molecule has 1 N–H and O–H groups in total. The Bertz CT molecular complexity index is 1170. The molecule has 192 valence electrons. The zero-order valence-corrected chi connectivity index (χ0v) is 20.8. The molecule has 5 nitrogen and oxygen atoms in total. The van der Waals surface area contributed by atoms with Crippen molar-refractivity contribution in [2.75, 3.05) is 26.7 Å². The van der Waals surface area contributed by atoms with E-state index in [-0.39, 0.29) is 11.5 Å². The number of aryl methyl sites for hydroxylation is 1. The Morgan fingerprint density at radius 2 is 1.92 bits per heavy atom. The Morgan fingerprint density at radius 3 is 2.67 bits per heavy atom. The number of hydrogen-bond acceptors (Lipinski definition) is 4. The topological polar surface area (TPSA) is 62.7 Å². The van der Waals surface area contributed by atoms with Crippen LogP contribution in [0.2, 0.25) is 0 Å². The van der Waals surface area contributed by atoms with Crippen LogP contribution in [0.1, 0.15) is 43.2 Å². The molecule has 2 atom stereocenters. The first-order valence-electron chi connectivity index (χ1n) is 12.8. The number of benzene rings is 2. The third kappa shape index (κ3) is 6.38. The lowest BCUT2D eigenvalue weighted by molar-refractivity contribution is -0.146. The lowest BCUT2D eigenvalue weighted by atomic mass is 9.81. The highest BCUT2D eigenvalue weighted by Crippen LogP contribution is 2.30. The fourth-order valence-electron chi connectivity index (χ4n) is 5.39. The van der Waals surface area contributed by atoms with Gasteiger partial charge in [-0.05, 0) is 106 Å². The Hall–Kier alpha value is -3.06. The summed E-state index contributed by atoms with van der Waals surface area (Å²) in [6.45, 7) is 2.14. The monoisotopic (exact) mass is 496 g/mol. The van der Waals surface area contributed by atoms with Crippen molar-refractivity contribution in [3.8, 4) is 5.75 Å². The van der Waals surface area contributed by atoms with Gasteiger partial charge in [0, 0.05) is 23.7 Å². The molecular formula is C29H34F2N2O3. The van der Waals surface area contributed by atoms with E-state index in [4.69, 9.17) is 4.74 Å². The second kappa shape index (κ2) is 12.3. The van der Waals surface area contributed by atoms with Gasteiger partial charge in [0.2, 0.25) is 0 Å². The van der Waals surface area contributed by atoms with E-state index in [9.17, 15) is 18.7 Å². The molecule has 0 saturated carbocycles. The zero-order chi connectivity index (χ0) is 25.5. The average molecular weight is 497 g/mol. The van der Waals surface area contributed by atoms with Gasteiger partial charge in [-0.25, -0.2) is 8.78 Å². The first kappa shape index (κ1) is 26.0. The van der Waals surface area contributed by atoms with E-state index in [1.54, 1.807) is 7.11 Å². The summed E-state index contributed by atoms with van der Waals surface area (Å²) in [7, 11) is 1.65. The minimum absolute atomic E-state index is 0.139. The molecular weight excluding hydrogens is 462 g/mol. The number of hydrogen-bond donors (Lipinski definition) is 1. The zero-order valence-electron chi connectivity index (χ0n) is 20.8. The predicted octanol–water partition coefficient (Wildman–Crippen LogP) is 5.89. The Kier molecular flexibility index (Phi) is 8.86. The molecule has 0 bridgehead atoms. The average Bonchev–Trinajstić information content (AvgIpc) is 2.88. The summed E-state index contributed by atoms with van der Waals surface area (Å²) in [6.07, 6.45) is 7.12. The summed E-state index contributed by atoms with van der Waals surface area (Å²) < 4.78 is 33.0. The number of carboxylic acids is 1. The van der Waals surface area contributed by atoms with Crippen molar-refractivity contribution in [1.82, 2.24) is 9.88 Å². The highest BCUT2D eigenvalue weighted by Gasteiger charge is 2.33. The van der Waals surface area contributed by atoms with E-state index >= 15 is 0 Å². The number of nitrogens with zero attached hydrogens (tertiary/aromatic N) is 2. The van der Waals surface area contributed by atoms with E-state index in [1.807, 2.05) is 30.5 Å². The van der Waals surface area contributed by atoms with Gasteiger partial charge in [0.25, 0.3) is 0 Å². The van der Waals surface area contributed by atoms with Crippen LogP contribution in [-0.4, -0.2) is 47.7 Å². The number of likely N-dealkylation sites (tertiary alicyclic amines) is 1. The number of aromatic nitrogens is 1. The number of ether oxygens (including phenoxy) is 1. The van der Waals surface area contributed by atoms with Crippen LogP contribution in [0.15, 0.2) is 48.7 Å². The standard InChI is InChI=1S/C29H34F2N2O3/c1-36-22-11-12-28-24(18-22)20(13-15-32-28)6-4-7-21-14-17-33(19-25(21)29(34)35)16-3-2-8-23-26(30)9-5-10-27(23)31/h5,9-13,15,18,21,25H,2-4,6-8,14,16-17,19H2,1H3,(H,34,35)/t21-,25+/m1/s1. The smallest absolute Gasteiger partial charge is 0.308 e. The molecule has 2 heterocycles. The lowest BCUT2D eigenvalue weighted by Crippen LogP contribution is -2.44. The minimum Gasteiger partial charge on any atom is -0.497 e. The molecule has 7 heteroatoms. The van der Waals surface area contributed by atoms with Gasteiger partial charge in [-0.3, -0.25) is 9.78 Å². The highest BCUT2D eigenvalue weighted by atomic mass is 19.1. The molecule has 0 spiro atoms. The summed E-state index contributed by atoms with van der Waals surface area (Å²) >= 11 is 0. The van der Waals surface area contributed by atoms with E-state index in [2.05, 4.69) is 9.88 Å². The second-order valence-electron chi connectivity index (χ2n) is 9.70. The molecule has 1 fully saturated rings. The highest BCUT2D eigenvalue weighted by molar-refractivity contribution is 5.83. The number of pyridine rings is 1. The van der Waals surface area contributed by atoms with E-state index < -0.39 is 23.5 Å². The van der Waals surface area contributed by atoms with Crippen LogP contribution < -0.4 is 4.74 Å². The third-order valence-corrected chi connectivity index (χ3v) is 7.43. The maximum absolute atomic E-state index is 13.8. The van der Waals surface area contributed by atoms with Crippen LogP contribution in [0.3, 0.4) is 0 Å². The van der Waals surface area contributed by atoms with Crippen LogP contribution in [0.4, 0.5) is 8.78 Å². The third-order valence-electron chi connectivity index (χ3n) is 7.43. The van der Waals surface area contributed by atoms with Crippen molar-refractivity contribution in [3.05, 3.63) is 71.4 Å². The number of carbonyl (C=O) groups is 1. The number of fused-ring (bicyclic) bond motifs is 1. The van der Waals surface area contributed by atoms with Gasteiger partial charge in [-0.15, -0.1) is 0 Å². The molecule has 0 amide bonds. The number of aliphatic carboxylic acids is 1. The van der Waals surface area contributed by atoms with Crippen molar-refractivity contribution in [2.45, 2.75) is 44.9 Å². The normalized spacial score (nSPS) is 18.4. The van der Waals surface area contributed by atoms with Crippen molar-refractivity contribution < 1.29 is 23.4 Å². The first-order valence-corrected chi connectivity index (χ1v) is 12.8. The number of methoxy groups -OCH3 is 1. The lowest BCUT2D eigenvalue weighted by Gasteiger charge is -2.36. The van der Waals surface area contributed by atoms with Gasteiger partial charge in [0.1, 0.15) is 17.4 Å². The fourth-order valence-corrected chi connectivity index (χ4v) is 5.39. The largest absolute Gasteiger partial charge is 0.497 e. The molecule has 1 aliphatic rings. The first-order chi connectivity index (χ1) is 17.5. The minimum atomic E-state index is -0.739. The maximum Gasteiger partial charge on any atom is 0.308 e. The Balaban J connectivity index is 1.26. The maximum atomic E-state index is 13.8. The number of halogens is 2. The molecule has 1 saturated heterocycles. The number of piperidine rings is 1. The quantitative estimate of drug-likeness (QED) is 0.336. The number of rotatable bonds is 11. The summed E-state index contributed by atoms with van der Waals surface area (Å²) in [6, 6.07) is 11.9. The van der Waals surface area contributed by atoms with Crippen molar-refractivity contribution >= 4 is 16.9 Å². The molecule has 0 aliphatic carbocycles. The van der Waals surface area contributed by atoms with Gasteiger partial charge in [-0.1, -0.05) is 6.07 Å². The summed E-state index contributed by atoms with van der Waals surface area (Å²) in [5.74, 6) is -1.18. The fraction of sp³-hybridized carbons (Fsp3) is 0.448. The molecule has 36 heavy (non-hydrogen) atoms. The van der Waals surface area contributed by atoms with E-state index in [0.717, 1.165) is 61.8 Å². The molecule has 0 radical (unpaired) electrons. The van der Waals surface area contributed by atoms with Crippen LogP contribution in [0, 0.1) is 23.5 Å². The van der Waals surface area contributed by atoms with Gasteiger partial charge in [0.05, 0.1) is 18.5 Å². The van der Waals surface area contributed by atoms with Gasteiger partial charge >= 0.3 is 5.97 Å². The van der Waals surface area contributed by atoms with Crippen LogP contribution in [0.25, 0.3) is 10.9 Å². The van der Waals surface area contributed by atoms with E-state index in [1.165, 1.54) is 23.8 Å². The molecule has 0 unspecified atom stereocenters. The van der Waals surface area contributed by atoms with Crippen molar-refractivity contribution in [3.63, 3.8) is 0 Å². The second-order valence-corrected chi connectivity index (χ2v) is 9.70. The van der Waals surface area contributed by atoms with Crippen LogP contribution >= 0.6 is 0 Å². The van der Waals surface area contributed by atoms with Gasteiger partial charge < -0.3 is 14.7 Å². The predicted molar refractivity (Wildman–Crippen MR) is 136 cm³/mol. The number of unbranched alkanes of at least 4 members (excludes halogenated alkanes) is 1. The molecule has 3 aromatic rings. The van der Waals surface area contributed by atoms with Crippen molar-refractivity contribution in [2.24, 2.45) is 11.8 Å². The SMILES string of the molecule is COc1ccc2nccc(CCC[C@@H]3CCN(CCCCc4c(F)cccc4F)C[C@@H]3C(=O)O)c2c1. The molecule has 2 aromatic carbocycles. The number of carboxylic acid groups (broad SMARTS) is 1. The Morgan fingerprint density at radius 1 is 1.11 bits per heavy atom. The summed E-state index contributed by atoms with van der Waals surface area (Å²) in [4.78, 5) is 18.7. The Labute approximate surface area is 211 Å². The summed E-state index contributed by atoms with van der Waals surface area (Å²) in [5.41, 5.74) is 2.28. The van der Waals surface area contributed by atoms with Gasteiger partial charge in [-0.2, -0.15) is 0 Å². The molecule has 1 aliphatic heterocycles. The van der Waals surface area contributed by atoms with E-state index in [0.29, 0.717) is 19.4 Å². The molecule has 4 rings (SSSR count). The van der Waals surface area contributed by atoms with Crippen LogP contribution in [0.5, 0.6) is 5.75 Å².